The van der Waals surface area contributed by atoms with Crippen molar-refractivity contribution in [2.75, 3.05) is 19.6 Å². The predicted molar refractivity (Wildman–Crippen MR) is 117 cm³/mol. The Morgan fingerprint density at radius 2 is 2.11 bits per heavy atom. The Balaban J connectivity index is 1.55. The number of aromatic nitrogens is 2. The van der Waals surface area contributed by atoms with Crippen molar-refractivity contribution in [1.82, 2.24) is 20.2 Å². The maximum Gasteiger partial charge on any atom is 0.191 e. The Morgan fingerprint density at radius 1 is 1.29 bits per heavy atom. The molecule has 1 aromatic carbocycles. The molecule has 0 fully saturated rings. The highest BCUT2D eigenvalue weighted by atomic mass is 32.1. The number of hydrogen-bond acceptors (Lipinski definition) is 4. The van der Waals surface area contributed by atoms with Crippen LogP contribution in [0, 0.1) is 6.92 Å². The van der Waals surface area contributed by atoms with Crippen LogP contribution in [0.2, 0.25) is 0 Å². The van der Waals surface area contributed by atoms with Crippen LogP contribution < -0.4 is 10.6 Å². The van der Waals surface area contributed by atoms with Crippen LogP contribution >= 0.6 is 11.3 Å². The molecule has 0 bridgehead atoms. The minimum Gasteiger partial charge on any atom is -0.383 e. The van der Waals surface area contributed by atoms with E-state index in [0.717, 1.165) is 48.9 Å². The molecule has 7 heteroatoms. The number of hydrogen-bond donors (Lipinski definition) is 3. The third kappa shape index (κ3) is 4.91. The Kier molecular flexibility index (Phi) is 6.70. The van der Waals surface area contributed by atoms with Crippen LogP contribution in [0.15, 0.2) is 46.1 Å². The number of fused-ring (bicyclic) bond motifs is 1. The Hall–Kier alpha value is -2.38. The van der Waals surface area contributed by atoms with E-state index in [1.54, 1.807) is 18.3 Å². The predicted octanol–water partition coefficient (Wildman–Crippen LogP) is 3.26. The SMILES string of the molecule is CCNC(=NCC(C)(O)c1ccsc1)NCCCn1c(C)nc2ccccc21. The van der Waals surface area contributed by atoms with Crippen LogP contribution in [-0.4, -0.2) is 40.3 Å². The highest BCUT2D eigenvalue weighted by molar-refractivity contribution is 7.08. The number of aryl methyl sites for hydroxylation is 2. The number of para-hydroxylation sites is 2. The van der Waals surface area contributed by atoms with Gasteiger partial charge in [0.25, 0.3) is 0 Å². The highest BCUT2D eigenvalue weighted by Gasteiger charge is 2.23. The second-order valence-corrected chi connectivity index (χ2v) is 7.84. The van der Waals surface area contributed by atoms with Gasteiger partial charge in [0.05, 0.1) is 17.6 Å². The number of benzene rings is 1. The first-order valence-electron chi connectivity index (χ1n) is 9.70. The summed E-state index contributed by atoms with van der Waals surface area (Å²) >= 11 is 1.58. The molecule has 2 heterocycles. The maximum absolute atomic E-state index is 10.7. The van der Waals surface area contributed by atoms with Gasteiger partial charge in [-0.1, -0.05) is 12.1 Å². The molecule has 3 N–H and O–H groups in total. The fraction of sp³-hybridized carbons (Fsp3) is 0.429. The summed E-state index contributed by atoms with van der Waals surface area (Å²) in [5, 5.41) is 21.2. The lowest BCUT2D eigenvalue weighted by Gasteiger charge is -2.21. The fourth-order valence-electron chi connectivity index (χ4n) is 3.16. The lowest BCUT2D eigenvalue weighted by Crippen LogP contribution is -2.39. The minimum atomic E-state index is -0.963. The lowest BCUT2D eigenvalue weighted by molar-refractivity contribution is 0.0677. The molecule has 0 amide bonds. The summed E-state index contributed by atoms with van der Waals surface area (Å²) in [5.74, 6) is 1.76. The molecular weight excluding hydrogens is 370 g/mol. The summed E-state index contributed by atoms with van der Waals surface area (Å²) in [5.41, 5.74) is 2.15. The zero-order chi connectivity index (χ0) is 20.0. The van der Waals surface area contributed by atoms with Crippen molar-refractivity contribution in [3.8, 4) is 0 Å². The summed E-state index contributed by atoms with van der Waals surface area (Å²) in [7, 11) is 0. The molecule has 6 nitrogen and oxygen atoms in total. The zero-order valence-electron chi connectivity index (χ0n) is 16.8. The number of nitrogens with one attached hydrogen (secondary N) is 2. The Bertz CT molecular complexity index is 914. The average Bonchev–Trinajstić information content (AvgIpc) is 3.32. The normalized spacial score (nSPS) is 14.2. The largest absolute Gasteiger partial charge is 0.383 e. The summed E-state index contributed by atoms with van der Waals surface area (Å²) in [4.78, 5) is 9.19. The van der Waals surface area contributed by atoms with E-state index in [9.17, 15) is 5.11 Å². The summed E-state index contributed by atoms with van der Waals surface area (Å²) in [6.07, 6.45) is 0.951. The lowest BCUT2D eigenvalue weighted by atomic mass is 10.00. The zero-order valence-corrected chi connectivity index (χ0v) is 17.6. The molecule has 0 spiro atoms. The smallest absolute Gasteiger partial charge is 0.191 e. The van der Waals surface area contributed by atoms with Crippen molar-refractivity contribution in [1.29, 1.82) is 0 Å². The molecule has 0 aliphatic heterocycles. The van der Waals surface area contributed by atoms with Crippen LogP contribution in [-0.2, 0) is 12.1 Å². The van der Waals surface area contributed by atoms with E-state index in [2.05, 4.69) is 31.2 Å². The molecule has 1 unspecified atom stereocenters. The first-order valence-corrected chi connectivity index (χ1v) is 10.6. The Morgan fingerprint density at radius 3 is 2.86 bits per heavy atom. The van der Waals surface area contributed by atoms with Crippen molar-refractivity contribution in [3.63, 3.8) is 0 Å². The van der Waals surface area contributed by atoms with Gasteiger partial charge in [-0.3, -0.25) is 0 Å². The van der Waals surface area contributed by atoms with E-state index < -0.39 is 5.60 Å². The molecule has 0 saturated heterocycles. The van der Waals surface area contributed by atoms with E-state index in [-0.39, 0.29) is 0 Å². The molecule has 0 aliphatic carbocycles. The third-order valence-electron chi connectivity index (χ3n) is 4.73. The number of guanidine groups is 1. The van der Waals surface area contributed by atoms with Crippen LogP contribution in [0.5, 0.6) is 0 Å². The number of nitrogens with zero attached hydrogens (tertiary/aromatic N) is 3. The van der Waals surface area contributed by atoms with Crippen LogP contribution in [0.3, 0.4) is 0 Å². The third-order valence-corrected chi connectivity index (χ3v) is 5.41. The van der Waals surface area contributed by atoms with Gasteiger partial charge in [-0.05, 0) is 61.7 Å². The molecule has 1 atom stereocenters. The van der Waals surface area contributed by atoms with Crippen LogP contribution in [0.25, 0.3) is 11.0 Å². The van der Waals surface area contributed by atoms with Crippen LogP contribution in [0.4, 0.5) is 0 Å². The quantitative estimate of drug-likeness (QED) is 0.309. The van der Waals surface area contributed by atoms with Crippen molar-refractivity contribution >= 4 is 28.3 Å². The first-order chi connectivity index (χ1) is 13.5. The standard InChI is InChI=1S/C21H29N5OS/c1-4-22-20(24-15-21(3,27)17-10-13-28-14-17)23-11-7-12-26-16(2)25-18-8-5-6-9-19(18)26/h5-6,8-10,13-14,27H,4,7,11-12,15H2,1-3H3,(H2,22,23,24). The minimum absolute atomic E-state index is 0.310. The topological polar surface area (TPSA) is 74.5 Å². The molecule has 0 aliphatic rings. The molecule has 3 rings (SSSR count). The van der Waals surface area contributed by atoms with Gasteiger partial charge < -0.3 is 20.3 Å². The monoisotopic (exact) mass is 399 g/mol. The number of rotatable bonds is 8. The molecule has 2 aromatic heterocycles. The van der Waals surface area contributed by atoms with Crippen molar-refractivity contribution in [3.05, 3.63) is 52.5 Å². The maximum atomic E-state index is 10.7. The molecule has 28 heavy (non-hydrogen) atoms. The van der Waals surface area contributed by atoms with Gasteiger partial charge in [0.1, 0.15) is 11.4 Å². The Labute approximate surface area is 170 Å². The average molecular weight is 400 g/mol. The number of thiophene rings is 1. The van der Waals surface area contributed by atoms with Gasteiger partial charge in [-0.15, -0.1) is 0 Å². The summed E-state index contributed by atoms with van der Waals surface area (Å²) < 4.78 is 2.25. The summed E-state index contributed by atoms with van der Waals surface area (Å²) in [6, 6.07) is 10.2. The van der Waals surface area contributed by atoms with Gasteiger partial charge in [-0.2, -0.15) is 11.3 Å². The van der Waals surface area contributed by atoms with E-state index in [1.807, 2.05) is 48.9 Å². The van der Waals surface area contributed by atoms with Crippen molar-refractivity contribution in [2.24, 2.45) is 4.99 Å². The second kappa shape index (κ2) is 9.21. The first kappa shape index (κ1) is 20.4. The molecule has 3 aromatic rings. The second-order valence-electron chi connectivity index (χ2n) is 7.06. The van der Waals surface area contributed by atoms with E-state index in [0.29, 0.717) is 6.54 Å². The van der Waals surface area contributed by atoms with E-state index in [1.165, 1.54) is 5.52 Å². The van der Waals surface area contributed by atoms with E-state index in [4.69, 9.17) is 0 Å². The van der Waals surface area contributed by atoms with Gasteiger partial charge in [-0.25, -0.2) is 9.98 Å². The van der Waals surface area contributed by atoms with Gasteiger partial charge in [0.15, 0.2) is 5.96 Å². The fourth-order valence-corrected chi connectivity index (χ4v) is 3.94. The molecule has 0 radical (unpaired) electrons. The highest BCUT2D eigenvalue weighted by Crippen LogP contribution is 2.23. The molecule has 0 saturated carbocycles. The van der Waals surface area contributed by atoms with Crippen molar-refractivity contribution < 1.29 is 5.11 Å². The molecular formula is C21H29N5OS. The van der Waals surface area contributed by atoms with Crippen molar-refractivity contribution in [2.45, 2.75) is 39.3 Å². The number of aliphatic imine (C=N–C) groups is 1. The van der Waals surface area contributed by atoms with Crippen LogP contribution in [0.1, 0.15) is 31.7 Å². The summed E-state index contributed by atoms with van der Waals surface area (Å²) in [6.45, 7) is 8.65. The van der Waals surface area contributed by atoms with E-state index >= 15 is 0 Å². The van der Waals surface area contributed by atoms with Gasteiger partial charge in [0.2, 0.25) is 0 Å². The van der Waals surface area contributed by atoms with Gasteiger partial charge in [0, 0.05) is 19.6 Å². The molecule has 150 valence electrons. The number of aliphatic hydroxyl groups is 1. The number of imidazole rings is 1. The van der Waals surface area contributed by atoms with Gasteiger partial charge >= 0.3 is 0 Å².